The average molecular weight is 521 g/mol. The van der Waals surface area contributed by atoms with Crippen LogP contribution in [0.2, 0.25) is 0 Å². The molecule has 1 heterocycles. The standard InChI is InChI=1S/C27H44N4O6/c1-11-13-28-22(34)19(32)16(12-2)29-21(33)18-17-15(27(17,9)10)14-31(18)23(35)20(25(3,4)5)30-24(36)37-26(6,7)8/h11,15-18,20H,1,12-14H2,2-10H3,(H,28,34)(H,29,33)(H,30,36). The lowest BCUT2D eigenvalue weighted by atomic mass is 9.85. The number of likely N-dealkylation sites (tertiary alicyclic amines) is 1. The maximum Gasteiger partial charge on any atom is 0.408 e. The molecule has 10 nitrogen and oxygen atoms in total. The first kappa shape index (κ1) is 30.3. The minimum absolute atomic E-state index is 0.0965. The number of carbonyl (C=O) groups excluding carboxylic acids is 5. The molecule has 0 aromatic rings. The molecule has 10 heteroatoms. The van der Waals surface area contributed by atoms with Crippen LogP contribution in [0.4, 0.5) is 4.79 Å². The van der Waals surface area contributed by atoms with Crippen molar-refractivity contribution in [1.82, 2.24) is 20.9 Å². The summed E-state index contributed by atoms with van der Waals surface area (Å²) in [7, 11) is 0. The summed E-state index contributed by atoms with van der Waals surface area (Å²) in [5.74, 6) is -2.40. The molecule has 0 bridgehead atoms. The molecule has 208 valence electrons. The van der Waals surface area contributed by atoms with Crippen LogP contribution < -0.4 is 16.0 Å². The van der Waals surface area contributed by atoms with E-state index in [0.717, 1.165) is 0 Å². The molecular formula is C27H44N4O6. The van der Waals surface area contributed by atoms with Crippen LogP contribution in [0.15, 0.2) is 12.7 Å². The predicted octanol–water partition coefficient (Wildman–Crippen LogP) is 2.17. The summed E-state index contributed by atoms with van der Waals surface area (Å²) >= 11 is 0. The number of rotatable bonds is 9. The number of ether oxygens (including phenoxy) is 1. The van der Waals surface area contributed by atoms with Crippen molar-refractivity contribution in [2.24, 2.45) is 22.7 Å². The van der Waals surface area contributed by atoms with Gasteiger partial charge < -0.3 is 25.6 Å². The van der Waals surface area contributed by atoms with Crippen LogP contribution in [0.1, 0.15) is 68.7 Å². The smallest absolute Gasteiger partial charge is 0.408 e. The normalized spacial score (nSPS) is 23.7. The van der Waals surface area contributed by atoms with Gasteiger partial charge in [-0.25, -0.2) is 4.79 Å². The molecule has 5 atom stereocenters. The van der Waals surface area contributed by atoms with Crippen molar-refractivity contribution >= 4 is 29.6 Å². The molecule has 5 unspecified atom stereocenters. The second-order valence-corrected chi connectivity index (χ2v) is 12.7. The molecule has 37 heavy (non-hydrogen) atoms. The summed E-state index contributed by atoms with van der Waals surface area (Å²) in [5.41, 5.74) is -1.55. The van der Waals surface area contributed by atoms with Crippen LogP contribution in [-0.2, 0) is 23.9 Å². The number of hydrogen-bond acceptors (Lipinski definition) is 6. The highest BCUT2D eigenvalue weighted by molar-refractivity contribution is 6.38. The first-order valence-corrected chi connectivity index (χ1v) is 12.9. The number of alkyl carbamates (subject to hydrolysis) is 1. The zero-order valence-electron chi connectivity index (χ0n) is 23.7. The predicted molar refractivity (Wildman–Crippen MR) is 139 cm³/mol. The van der Waals surface area contributed by atoms with Gasteiger partial charge in [0.25, 0.3) is 5.91 Å². The van der Waals surface area contributed by atoms with Crippen molar-refractivity contribution in [2.75, 3.05) is 13.1 Å². The Kier molecular flexibility index (Phi) is 8.87. The zero-order valence-corrected chi connectivity index (χ0v) is 23.7. The van der Waals surface area contributed by atoms with Crippen molar-refractivity contribution in [3.8, 4) is 0 Å². The Morgan fingerprint density at radius 1 is 1.08 bits per heavy atom. The lowest BCUT2D eigenvalue weighted by Crippen LogP contribution is -2.60. The van der Waals surface area contributed by atoms with Crippen molar-refractivity contribution < 1.29 is 28.7 Å². The third-order valence-corrected chi connectivity index (χ3v) is 7.21. The number of piperidine rings is 1. The van der Waals surface area contributed by atoms with Crippen molar-refractivity contribution in [3.63, 3.8) is 0 Å². The van der Waals surface area contributed by atoms with Crippen molar-refractivity contribution in [2.45, 2.75) is 92.5 Å². The average Bonchev–Trinajstić information content (AvgIpc) is 3.09. The number of carbonyl (C=O) groups is 5. The van der Waals surface area contributed by atoms with Gasteiger partial charge in [-0.3, -0.25) is 19.2 Å². The summed E-state index contributed by atoms with van der Waals surface area (Å²) in [4.78, 5) is 66.3. The van der Waals surface area contributed by atoms with E-state index >= 15 is 0 Å². The highest BCUT2D eigenvalue weighted by atomic mass is 16.6. The number of nitrogens with one attached hydrogen (secondary N) is 3. The lowest BCUT2D eigenvalue weighted by molar-refractivity contribution is -0.145. The van der Waals surface area contributed by atoms with Gasteiger partial charge in [0.05, 0.1) is 6.04 Å². The van der Waals surface area contributed by atoms with E-state index in [1.54, 1.807) is 27.7 Å². The molecule has 2 aliphatic rings. The first-order chi connectivity index (χ1) is 16.9. The zero-order chi connectivity index (χ0) is 28.5. The lowest BCUT2D eigenvalue weighted by Gasteiger charge is -2.38. The van der Waals surface area contributed by atoms with Gasteiger partial charge in [-0.2, -0.15) is 0 Å². The topological polar surface area (TPSA) is 134 Å². The minimum atomic E-state index is -1.02. The molecule has 4 amide bonds. The maximum atomic E-state index is 13.8. The fourth-order valence-electron chi connectivity index (χ4n) is 5.07. The molecule has 0 spiro atoms. The minimum Gasteiger partial charge on any atom is -0.444 e. The number of Topliss-reactive ketones (excluding diaryl/α,β-unsaturated/α-hetero) is 1. The second-order valence-electron chi connectivity index (χ2n) is 12.7. The summed E-state index contributed by atoms with van der Waals surface area (Å²) in [6, 6.07) is -2.78. The number of nitrogens with zero attached hydrogens (tertiary/aromatic N) is 1. The molecule has 1 saturated carbocycles. The van der Waals surface area contributed by atoms with E-state index in [9.17, 15) is 24.0 Å². The molecule has 0 radical (unpaired) electrons. The van der Waals surface area contributed by atoms with Crippen LogP contribution >= 0.6 is 0 Å². The molecule has 1 aliphatic carbocycles. The van der Waals surface area contributed by atoms with E-state index in [2.05, 4.69) is 36.4 Å². The van der Waals surface area contributed by atoms with E-state index in [-0.39, 0.29) is 36.1 Å². The van der Waals surface area contributed by atoms with E-state index in [1.165, 1.54) is 11.0 Å². The Bertz CT molecular complexity index is 946. The largest absolute Gasteiger partial charge is 0.444 e. The molecule has 3 N–H and O–H groups in total. The van der Waals surface area contributed by atoms with E-state index < -0.39 is 52.8 Å². The number of hydrogen-bond donors (Lipinski definition) is 3. The molecule has 0 aromatic heterocycles. The van der Waals surface area contributed by atoms with Crippen molar-refractivity contribution in [3.05, 3.63) is 12.7 Å². The molecule has 1 saturated heterocycles. The Balaban J connectivity index is 2.28. The van der Waals surface area contributed by atoms with Gasteiger partial charge in [0.2, 0.25) is 17.6 Å². The number of fused-ring (bicyclic) bond motifs is 1. The second kappa shape index (κ2) is 10.8. The van der Waals surface area contributed by atoms with Gasteiger partial charge in [0.1, 0.15) is 17.7 Å². The van der Waals surface area contributed by atoms with Crippen LogP contribution in [0, 0.1) is 22.7 Å². The molecule has 0 aromatic carbocycles. The maximum absolute atomic E-state index is 13.8. The Morgan fingerprint density at radius 3 is 2.16 bits per heavy atom. The summed E-state index contributed by atoms with van der Waals surface area (Å²) in [5, 5.41) is 7.86. The quantitative estimate of drug-likeness (QED) is 0.315. The van der Waals surface area contributed by atoms with E-state index in [1.807, 2.05) is 20.8 Å². The Hall–Kier alpha value is -2.91. The molecule has 1 aliphatic heterocycles. The molecular weight excluding hydrogens is 476 g/mol. The van der Waals surface area contributed by atoms with Crippen LogP contribution in [0.3, 0.4) is 0 Å². The Labute approximate surface area is 220 Å². The van der Waals surface area contributed by atoms with Crippen LogP contribution in [0.25, 0.3) is 0 Å². The van der Waals surface area contributed by atoms with Crippen LogP contribution in [0.5, 0.6) is 0 Å². The fourth-order valence-corrected chi connectivity index (χ4v) is 5.07. The van der Waals surface area contributed by atoms with Gasteiger partial charge in [0, 0.05) is 13.1 Å². The first-order valence-electron chi connectivity index (χ1n) is 12.9. The van der Waals surface area contributed by atoms with Gasteiger partial charge in [0.15, 0.2) is 0 Å². The summed E-state index contributed by atoms with van der Waals surface area (Å²) < 4.78 is 5.38. The fraction of sp³-hybridized carbons (Fsp3) is 0.741. The van der Waals surface area contributed by atoms with Crippen molar-refractivity contribution in [1.29, 1.82) is 0 Å². The summed E-state index contributed by atoms with van der Waals surface area (Å²) in [6.45, 7) is 20.5. The van der Waals surface area contributed by atoms with Gasteiger partial charge in [-0.1, -0.05) is 47.6 Å². The summed E-state index contributed by atoms with van der Waals surface area (Å²) in [6.07, 6.45) is 0.960. The van der Waals surface area contributed by atoms with Gasteiger partial charge >= 0.3 is 6.09 Å². The third kappa shape index (κ3) is 6.90. The van der Waals surface area contributed by atoms with Gasteiger partial charge in [-0.05, 0) is 49.9 Å². The SMILES string of the molecule is C=CCNC(=O)C(=O)C(CC)NC(=O)C1C2C(CN1C(=O)C(NC(=O)OC(C)(C)C)C(C)(C)C)C2(C)C. The monoisotopic (exact) mass is 520 g/mol. The molecule has 2 fully saturated rings. The Morgan fingerprint density at radius 2 is 1.68 bits per heavy atom. The number of amides is 4. The van der Waals surface area contributed by atoms with E-state index in [0.29, 0.717) is 6.54 Å². The number of ketones is 1. The van der Waals surface area contributed by atoms with Crippen LogP contribution in [-0.4, -0.2) is 71.3 Å². The van der Waals surface area contributed by atoms with E-state index in [4.69, 9.17) is 4.74 Å². The highest BCUT2D eigenvalue weighted by Crippen LogP contribution is 2.65. The molecule has 2 rings (SSSR count). The highest BCUT2D eigenvalue weighted by Gasteiger charge is 2.69. The third-order valence-electron chi connectivity index (χ3n) is 7.21. The van der Waals surface area contributed by atoms with Gasteiger partial charge in [-0.15, -0.1) is 6.58 Å².